The van der Waals surface area contributed by atoms with Crippen LogP contribution in [0.25, 0.3) is 0 Å². The molecule has 0 saturated heterocycles. The second-order valence-corrected chi connectivity index (χ2v) is 3.11. The predicted molar refractivity (Wildman–Crippen MR) is 62.4 cm³/mol. The average Bonchev–Trinajstić information content (AvgIpc) is 3.00. The average molecular weight is 288 g/mol. The molecule has 0 aliphatic carbocycles. The van der Waals surface area contributed by atoms with Gasteiger partial charge < -0.3 is 45.0 Å². The van der Waals surface area contributed by atoms with Gasteiger partial charge in [0.15, 0.2) is 0 Å². The van der Waals surface area contributed by atoms with Crippen molar-refractivity contribution in [2.45, 2.75) is 0 Å². The number of carboxylic acid groups (broad SMARTS) is 1. The summed E-state index contributed by atoms with van der Waals surface area (Å²) < 4.78 is 4.38. The molecule has 0 amide bonds. The molecule has 0 saturated carbocycles. The van der Waals surface area contributed by atoms with Crippen LogP contribution >= 0.6 is 0 Å². The van der Waals surface area contributed by atoms with E-state index in [9.17, 15) is 9.59 Å². The number of ether oxygens (including phenoxy) is 1. The van der Waals surface area contributed by atoms with E-state index in [0.29, 0.717) is 0 Å². The first kappa shape index (κ1) is 16.2. The van der Waals surface area contributed by atoms with E-state index in [1.54, 1.807) is 0 Å². The largest absolute Gasteiger partial charge is 0.748 e. The maximum absolute atomic E-state index is 10.9. The summed E-state index contributed by atoms with van der Waals surface area (Å²) in [6.07, 6.45) is 0. The van der Waals surface area contributed by atoms with E-state index >= 15 is 0 Å². The second kappa shape index (κ2) is 8.28. The van der Waals surface area contributed by atoms with Gasteiger partial charge in [-0.25, -0.2) is 0 Å². The predicted octanol–water partition coefficient (Wildman–Crippen LogP) is 2.29. The van der Waals surface area contributed by atoms with Gasteiger partial charge in [0.2, 0.25) is 5.97 Å². The van der Waals surface area contributed by atoms with Crippen molar-refractivity contribution >= 4 is 11.9 Å². The number of carboxylic acids is 1. The SMILES string of the molecule is COC(=O)[c-]1cccc1C(=O)O.[Fe].[cH-]1[cH-][cH-][cH-][cH-]1. The van der Waals surface area contributed by atoms with Gasteiger partial charge in [0, 0.05) is 17.1 Å². The van der Waals surface area contributed by atoms with Gasteiger partial charge in [0.25, 0.3) is 5.97 Å². The van der Waals surface area contributed by atoms with Crippen molar-refractivity contribution in [2.24, 2.45) is 0 Å². The van der Waals surface area contributed by atoms with E-state index in [1.165, 1.54) is 25.3 Å². The minimum atomic E-state index is -1.12. The van der Waals surface area contributed by atoms with E-state index in [1.807, 2.05) is 30.3 Å². The Balaban J connectivity index is 0.000000405. The van der Waals surface area contributed by atoms with Gasteiger partial charge in [0.05, 0.1) is 7.11 Å². The number of hydrogen-bond acceptors (Lipinski definition) is 3. The molecule has 0 unspecified atom stereocenters. The van der Waals surface area contributed by atoms with Crippen LogP contribution in [0.15, 0.2) is 48.5 Å². The molecule has 0 radical (unpaired) electrons. The van der Waals surface area contributed by atoms with Crippen LogP contribution in [-0.2, 0) is 21.8 Å². The summed E-state index contributed by atoms with van der Waals surface area (Å²) in [6.45, 7) is 0. The molecule has 5 heteroatoms. The first-order valence-electron chi connectivity index (χ1n) is 4.90. The van der Waals surface area contributed by atoms with Crippen molar-refractivity contribution in [2.75, 3.05) is 7.11 Å². The van der Waals surface area contributed by atoms with Crippen LogP contribution in [0.3, 0.4) is 0 Å². The Morgan fingerprint density at radius 2 is 1.72 bits per heavy atom. The molecule has 0 aliphatic heterocycles. The third-order valence-corrected chi connectivity index (χ3v) is 2.01. The summed E-state index contributed by atoms with van der Waals surface area (Å²) in [6, 6.07) is 14.3. The molecule has 0 bridgehead atoms. The van der Waals surface area contributed by atoms with Crippen LogP contribution in [0.5, 0.6) is 0 Å². The van der Waals surface area contributed by atoms with Gasteiger partial charge in [0.1, 0.15) is 0 Å². The summed E-state index contributed by atoms with van der Waals surface area (Å²) in [4.78, 5) is 21.4. The first-order chi connectivity index (χ1) is 8.16. The maximum Gasteiger partial charge on any atom is 0.294 e. The minimum Gasteiger partial charge on any atom is -0.748 e. The summed E-state index contributed by atoms with van der Waals surface area (Å²) in [5.41, 5.74) is 0.0619. The summed E-state index contributed by atoms with van der Waals surface area (Å²) in [7, 11) is 1.21. The number of carbonyl (C=O) groups excluding carboxylic acids is 1. The maximum atomic E-state index is 10.9. The normalized spacial score (nSPS) is 8.50. The molecule has 4 nitrogen and oxygen atoms in total. The zero-order chi connectivity index (χ0) is 12.7. The van der Waals surface area contributed by atoms with Gasteiger partial charge >= 0.3 is 0 Å². The fourth-order valence-corrected chi connectivity index (χ4v) is 1.22. The zero-order valence-electron chi connectivity index (χ0n) is 9.64. The standard InChI is InChI=1S/C8H7O4.C5H5.Fe/c1-12-8(11)6-4-2-3-5(6)7(9)10;1-2-4-5-3-1;/h2-4H,1H3,(H,9,10);1-5H;/q-1;-5;. The molecular formula is C13H12FeO4-6. The molecule has 0 fully saturated rings. The van der Waals surface area contributed by atoms with E-state index < -0.39 is 11.9 Å². The zero-order valence-corrected chi connectivity index (χ0v) is 10.7. The van der Waals surface area contributed by atoms with Crippen LogP contribution in [0, 0.1) is 0 Å². The molecule has 0 heterocycles. The molecule has 0 aromatic heterocycles. The van der Waals surface area contributed by atoms with Crippen molar-refractivity contribution in [3.63, 3.8) is 0 Å². The Bertz CT molecular complexity index is 454. The van der Waals surface area contributed by atoms with Crippen LogP contribution in [-0.4, -0.2) is 24.2 Å². The Morgan fingerprint density at radius 1 is 1.22 bits per heavy atom. The molecule has 0 spiro atoms. The summed E-state index contributed by atoms with van der Waals surface area (Å²) >= 11 is 0. The van der Waals surface area contributed by atoms with Gasteiger partial charge in [-0.05, 0) is 5.56 Å². The van der Waals surface area contributed by atoms with E-state index in [-0.39, 0.29) is 28.2 Å². The number of rotatable bonds is 2. The van der Waals surface area contributed by atoms with Gasteiger partial charge in [-0.3, -0.25) is 4.79 Å². The number of carbonyl (C=O) groups is 2. The molecule has 2 aromatic rings. The quantitative estimate of drug-likeness (QED) is 0.523. The van der Waals surface area contributed by atoms with Crippen molar-refractivity contribution < 1.29 is 36.5 Å². The van der Waals surface area contributed by atoms with Gasteiger partial charge in [-0.1, -0.05) is 5.56 Å². The third-order valence-electron chi connectivity index (χ3n) is 2.01. The number of aromatic carboxylic acids is 1. The van der Waals surface area contributed by atoms with Crippen molar-refractivity contribution in [1.82, 2.24) is 0 Å². The number of esters is 1. The van der Waals surface area contributed by atoms with Gasteiger partial charge in [-0.2, -0.15) is 12.1 Å². The minimum absolute atomic E-state index is 0. The molecule has 102 valence electrons. The Kier molecular flexibility index (Phi) is 7.43. The third kappa shape index (κ3) is 4.57. The van der Waals surface area contributed by atoms with E-state index in [4.69, 9.17) is 5.11 Å². The molecule has 18 heavy (non-hydrogen) atoms. The van der Waals surface area contributed by atoms with E-state index in [2.05, 4.69) is 4.74 Å². The van der Waals surface area contributed by atoms with Crippen molar-refractivity contribution in [3.05, 3.63) is 59.7 Å². The van der Waals surface area contributed by atoms with Crippen LogP contribution in [0.1, 0.15) is 20.7 Å². The first-order valence-corrected chi connectivity index (χ1v) is 4.90. The molecule has 2 aromatic carbocycles. The van der Waals surface area contributed by atoms with Crippen LogP contribution in [0.4, 0.5) is 0 Å². The fourth-order valence-electron chi connectivity index (χ4n) is 1.22. The topological polar surface area (TPSA) is 63.6 Å². The molecule has 1 N–H and O–H groups in total. The van der Waals surface area contributed by atoms with E-state index in [0.717, 1.165) is 0 Å². The van der Waals surface area contributed by atoms with Gasteiger partial charge in [-0.15, -0.1) is 6.07 Å². The molecule has 0 aliphatic rings. The second-order valence-electron chi connectivity index (χ2n) is 3.11. The smallest absolute Gasteiger partial charge is 0.294 e. The molecule has 2 rings (SSSR count). The Labute approximate surface area is 115 Å². The number of methoxy groups -OCH3 is 1. The molecule has 0 atom stereocenters. The monoisotopic (exact) mass is 288 g/mol. The summed E-state index contributed by atoms with van der Waals surface area (Å²) in [5, 5.41) is 8.59. The number of hydrogen-bond donors (Lipinski definition) is 1. The molecular weight excluding hydrogens is 276 g/mol. The fraction of sp³-hybridized carbons (Fsp3) is 0.0769. The van der Waals surface area contributed by atoms with Crippen LogP contribution in [0.2, 0.25) is 0 Å². The van der Waals surface area contributed by atoms with Crippen LogP contribution < -0.4 is 0 Å². The Hall–Kier alpha value is -1.84. The Morgan fingerprint density at radius 3 is 2.11 bits per heavy atom. The van der Waals surface area contributed by atoms with Crippen molar-refractivity contribution in [3.8, 4) is 0 Å². The van der Waals surface area contributed by atoms with Crippen molar-refractivity contribution in [1.29, 1.82) is 0 Å². The summed E-state index contributed by atoms with van der Waals surface area (Å²) in [5.74, 6) is -1.75.